The standard InChI is InChI=1S/C15H24FN3O/c1-11(2)9-18-15(20)10-19(3)14(8-17)12-4-6-13(16)7-5-12/h4-7,11,14H,8-10,17H2,1-3H3,(H,18,20). The van der Waals surface area contributed by atoms with Gasteiger partial charge in [0, 0.05) is 19.1 Å². The Morgan fingerprint density at radius 2 is 1.95 bits per heavy atom. The zero-order chi connectivity index (χ0) is 15.1. The molecule has 112 valence electrons. The van der Waals surface area contributed by atoms with Gasteiger partial charge >= 0.3 is 0 Å². The van der Waals surface area contributed by atoms with Crippen LogP contribution >= 0.6 is 0 Å². The van der Waals surface area contributed by atoms with Crippen LogP contribution in [-0.4, -0.2) is 37.5 Å². The van der Waals surface area contributed by atoms with Crippen LogP contribution in [0.1, 0.15) is 25.5 Å². The highest BCUT2D eigenvalue weighted by Crippen LogP contribution is 2.18. The number of carbonyl (C=O) groups is 1. The van der Waals surface area contributed by atoms with Crippen molar-refractivity contribution in [3.05, 3.63) is 35.6 Å². The summed E-state index contributed by atoms with van der Waals surface area (Å²) in [5.74, 6) is 0.121. The summed E-state index contributed by atoms with van der Waals surface area (Å²) in [6.07, 6.45) is 0. The van der Waals surface area contributed by atoms with Gasteiger partial charge in [0.15, 0.2) is 0 Å². The van der Waals surface area contributed by atoms with Crippen molar-refractivity contribution in [3.8, 4) is 0 Å². The smallest absolute Gasteiger partial charge is 0.234 e. The Hall–Kier alpha value is -1.46. The van der Waals surface area contributed by atoms with Crippen molar-refractivity contribution >= 4 is 5.91 Å². The van der Waals surface area contributed by atoms with E-state index in [9.17, 15) is 9.18 Å². The molecule has 1 atom stereocenters. The van der Waals surface area contributed by atoms with E-state index >= 15 is 0 Å². The summed E-state index contributed by atoms with van der Waals surface area (Å²) >= 11 is 0. The first-order valence-electron chi connectivity index (χ1n) is 6.86. The highest BCUT2D eigenvalue weighted by molar-refractivity contribution is 5.78. The van der Waals surface area contributed by atoms with Crippen molar-refractivity contribution in [1.29, 1.82) is 0 Å². The predicted molar refractivity (Wildman–Crippen MR) is 78.7 cm³/mol. The van der Waals surface area contributed by atoms with E-state index < -0.39 is 0 Å². The topological polar surface area (TPSA) is 58.4 Å². The molecule has 4 nitrogen and oxygen atoms in total. The molecule has 20 heavy (non-hydrogen) atoms. The molecule has 0 aliphatic rings. The maximum absolute atomic E-state index is 12.9. The molecule has 5 heteroatoms. The Bertz CT molecular complexity index is 420. The van der Waals surface area contributed by atoms with Crippen LogP contribution in [0.25, 0.3) is 0 Å². The Balaban J connectivity index is 2.60. The average molecular weight is 281 g/mol. The minimum Gasteiger partial charge on any atom is -0.355 e. The number of nitrogens with one attached hydrogen (secondary N) is 1. The molecule has 1 unspecified atom stereocenters. The summed E-state index contributed by atoms with van der Waals surface area (Å²) in [6, 6.07) is 6.13. The number of nitrogens with two attached hydrogens (primary N) is 1. The van der Waals surface area contributed by atoms with Gasteiger partial charge < -0.3 is 11.1 Å². The molecule has 0 fully saturated rings. The quantitative estimate of drug-likeness (QED) is 0.797. The van der Waals surface area contributed by atoms with Gasteiger partial charge in [-0.15, -0.1) is 0 Å². The van der Waals surface area contributed by atoms with Gasteiger partial charge in [0.25, 0.3) is 0 Å². The van der Waals surface area contributed by atoms with Gasteiger partial charge in [-0.3, -0.25) is 9.69 Å². The SMILES string of the molecule is CC(C)CNC(=O)CN(C)C(CN)c1ccc(F)cc1. The number of nitrogens with zero attached hydrogens (tertiary/aromatic N) is 1. The first-order valence-corrected chi connectivity index (χ1v) is 6.86. The highest BCUT2D eigenvalue weighted by Gasteiger charge is 2.18. The van der Waals surface area contributed by atoms with E-state index in [0.29, 0.717) is 19.0 Å². The number of likely N-dealkylation sites (N-methyl/N-ethyl adjacent to an activating group) is 1. The number of halogens is 1. The molecule has 1 aromatic rings. The lowest BCUT2D eigenvalue weighted by Gasteiger charge is -2.27. The molecule has 0 bridgehead atoms. The normalized spacial score (nSPS) is 12.8. The number of carbonyl (C=O) groups excluding carboxylic acids is 1. The van der Waals surface area contributed by atoms with Gasteiger partial charge in [-0.05, 0) is 30.7 Å². The molecule has 0 saturated carbocycles. The minimum atomic E-state index is -0.276. The summed E-state index contributed by atoms with van der Waals surface area (Å²) in [6.45, 7) is 5.40. The third-order valence-corrected chi connectivity index (χ3v) is 3.11. The molecule has 0 saturated heterocycles. The lowest BCUT2D eigenvalue weighted by atomic mass is 10.1. The van der Waals surface area contributed by atoms with Crippen LogP contribution in [0.3, 0.4) is 0 Å². The second-order valence-corrected chi connectivity index (χ2v) is 5.42. The molecule has 0 spiro atoms. The Morgan fingerprint density at radius 3 is 2.45 bits per heavy atom. The molecule has 0 aliphatic carbocycles. The van der Waals surface area contributed by atoms with Crippen LogP contribution in [0.5, 0.6) is 0 Å². The van der Waals surface area contributed by atoms with E-state index in [2.05, 4.69) is 5.32 Å². The fraction of sp³-hybridized carbons (Fsp3) is 0.533. The fourth-order valence-electron chi connectivity index (χ4n) is 1.97. The highest BCUT2D eigenvalue weighted by atomic mass is 19.1. The van der Waals surface area contributed by atoms with Crippen molar-refractivity contribution < 1.29 is 9.18 Å². The molecule has 1 rings (SSSR count). The molecule has 1 aromatic carbocycles. The number of hydrogen-bond acceptors (Lipinski definition) is 3. The van der Waals surface area contributed by atoms with Crippen molar-refractivity contribution in [2.75, 3.05) is 26.7 Å². The molecule has 0 heterocycles. The largest absolute Gasteiger partial charge is 0.355 e. The average Bonchev–Trinajstić information content (AvgIpc) is 2.39. The van der Waals surface area contributed by atoms with Crippen LogP contribution < -0.4 is 11.1 Å². The lowest BCUT2D eigenvalue weighted by Crippen LogP contribution is -2.40. The van der Waals surface area contributed by atoms with E-state index in [1.165, 1.54) is 12.1 Å². The molecule has 0 aliphatic heterocycles. The molecule has 0 radical (unpaired) electrons. The molecule has 3 N–H and O–H groups in total. The second-order valence-electron chi connectivity index (χ2n) is 5.42. The van der Waals surface area contributed by atoms with Crippen molar-refractivity contribution in [1.82, 2.24) is 10.2 Å². The van der Waals surface area contributed by atoms with Gasteiger partial charge in [0.2, 0.25) is 5.91 Å². The van der Waals surface area contributed by atoms with Gasteiger partial charge in [-0.25, -0.2) is 4.39 Å². The summed E-state index contributed by atoms with van der Waals surface area (Å²) < 4.78 is 12.9. The Kier molecular flexibility index (Phi) is 6.61. The maximum Gasteiger partial charge on any atom is 0.234 e. The maximum atomic E-state index is 12.9. The second kappa shape index (κ2) is 7.97. The van der Waals surface area contributed by atoms with Crippen LogP contribution in [0, 0.1) is 11.7 Å². The molecule has 1 amide bonds. The first kappa shape index (κ1) is 16.6. The number of benzene rings is 1. The van der Waals surface area contributed by atoms with E-state index in [-0.39, 0.29) is 24.3 Å². The Labute approximate surface area is 120 Å². The van der Waals surface area contributed by atoms with Crippen molar-refractivity contribution in [2.24, 2.45) is 11.7 Å². The third kappa shape index (κ3) is 5.27. The first-order chi connectivity index (χ1) is 9.43. The zero-order valence-corrected chi connectivity index (χ0v) is 12.4. The summed E-state index contributed by atoms with van der Waals surface area (Å²) in [5.41, 5.74) is 6.68. The Morgan fingerprint density at radius 1 is 1.35 bits per heavy atom. The van der Waals surface area contributed by atoms with Crippen LogP contribution in [0.15, 0.2) is 24.3 Å². The number of hydrogen-bond donors (Lipinski definition) is 2. The summed E-state index contributed by atoms with van der Waals surface area (Å²) in [7, 11) is 1.84. The van der Waals surface area contributed by atoms with Crippen LogP contribution in [-0.2, 0) is 4.79 Å². The van der Waals surface area contributed by atoms with Crippen LogP contribution in [0.2, 0.25) is 0 Å². The minimum absolute atomic E-state index is 0.0261. The number of rotatable bonds is 7. The van der Waals surface area contributed by atoms with E-state index in [4.69, 9.17) is 5.73 Å². The third-order valence-electron chi connectivity index (χ3n) is 3.11. The predicted octanol–water partition coefficient (Wildman–Crippen LogP) is 1.53. The van der Waals surface area contributed by atoms with E-state index in [1.54, 1.807) is 12.1 Å². The van der Waals surface area contributed by atoms with E-state index in [1.807, 2.05) is 25.8 Å². The zero-order valence-electron chi connectivity index (χ0n) is 12.4. The molecular weight excluding hydrogens is 257 g/mol. The lowest BCUT2D eigenvalue weighted by molar-refractivity contribution is -0.122. The van der Waals surface area contributed by atoms with Crippen molar-refractivity contribution in [3.63, 3.8) is 0 Å². The number of amides is 1. The van der Waals surface area contributed by atoms with Crippen molar-refractivity contribution in [2.45, 2.75) is 19.9 Å². The van der Waals surface area contributed by atoms with Gasteiger partial charge in [-0.2, -0.15) is 0 Å². The van der Waals surface area contributed by atoms with Crippen LogP contribution in [0.4, 0.5) is 4.39 Å². The monoisotopic (exact) mass is 281 g/mol. The van der Waals surface area contributed by atoms with E-state index in [0.717, 1.165) is 5.56 Å². The molecular formula is C15H24FN3O. The fourth-order valence-corrected chi connectivity index (χ4v) is 1.97. The molecule has 0 aromatic heterocycles. The summed E-state index contributed by atoms with van der Waals surface area (Å²) in [4.78, 5) is 13.7. The van der Waals surface area contributed by atoms with Gasteiger partial charge in [0.1, 0.15) is 5.82 Å². The van der Waals surface area contributed by atoms with Gasteiger partial charge in [0.05, 0.1) is 6.54 Å². The van der Waals surface area contributed by atoms with Gasteiger partial charge in [-0.1, -0.05) is 26.0 Å². The summed E-state index contributed by atoms with van der Waals surface area (Å²) in [5, 5.41) is 2.87.